The molecule has 6 heterocycles. The van der Waals surface area contributed by atoms with Crippen molar-refractivity contribution in [2.45, 2.75) is 167 Å². The van der Waals surface area contributed by atoms with Gasteiger partial charge in [-0.2, -0.15) is 5.10 Å². The van der Waals surface area contributed by atoms with Gasteiger partial charge in [0.2, 0.25) is 0 Å². The second-order valence-electron chi connectivity index (χ2n) is 20.9. The van der Waals surface area contributed by atoms with E-state index in [2.05, 4.69) is 15.2 Å². The van der Waals surface area contributed by atoms with Crippen molar-refractivity contribution in [3.63, 3.8) is 0 Å². The summed E-state index contributed by atoms with van der Waals surface area (Å²) in [6.07, 6.45) is 2.06. The SMILES string of the molecule is CC[C@H]1OC(=O)C[C@H]2OC/C(=N\OCc3ccc(-n4cccn4)nc3)COCC[C@@H](C[C@@H](C)C(=O)/C=C/C(C)=C/[C@@H]1COC1O[C@H](C)[C@@H](OC)[C@@H](OC)[C@H]1OC)[C@H](OC1O[C@H](C)[C@@H](OC(C)=O)[C@H](N(C)C)[C@H]1OC(C)=O)[C@H]2C. The van der Waals surface area contributed by atoms with Crippen LogP contribution in [0, 0.1) is 23.7 Å². The molecule has 2 unspecified atom stereocenters. The van der Waals surface area contributed by atoms with Gasteiger partial charge in [0, 0.05) is 83.7 Å². The summed E-state index contributed by atoms with van der Waals surface area (Å²) >= 11 is 0. The molecule has 2 aromatic heterocycles. The number of allylic oxidation sites excluding steroid dienone is 3. The minimum atomic E-state index is -1.21. The molecule has 3 saturated heterocycles. The number of oxime groups is 1. The number of fused-ring (bicyclic) bond motifs is 3. The molecule has 3 fully saturated rings. The highest BCUT2D eigenvalue weighted by molar-refractivity contribution is 5.91. The molecule has 0 radical (unpaired) electrons. The van der Waals surface area contributed by atoms with E-state index in [1.165, 1.54) is 13.8 Å². The lowest BCUT2D eigenvalue weighted by Gasteiger charge is -2.48. The van der Waals surface area contributed by atoms with Crippen LogP contribution in [0.15, 0.2) is 65.7 Å². The molecule has 0 aliphatic carbocycles. The lowest BCUT2D eigenvalue weighted by Crippen LogP contribution is -2.65. The van der Waals surface area contributed by atoms with Crippen LogP contribution in [0.1, 0.15) is 86.6 Å². The quantitative estimate of drug-likeness (QED) is 0.117. The maximum atomic E-state index is 14.7. The largest absolute Gasteiger partial charge is 0.462 e. The third-order valence-electron chi connectivity index (χ3n) is 14.8. The van der Waals surface area contributed by atoms with E-state index in [1.54, 1.807) is 77.8 Å². The van der Waals surface area contributed by atoms with E-state index in [-0.39, 0.29) is 45.2 Å². The molecular weight excluding hydrogens is 1010 g/mol. The normalized spacial score (nSPS) is 35.5. The predicted octanol–water partition coefficient (Wildman–Crippen LogP) is 5.37. The fourth-order valence-corrected chi connectivity index (χ4v) is 10.8. The molecule has 0 aromatic carbocycles. The van der Waals surface area contributed by atoms with Crippen LogP contribution in [-0.2, 0) is 87.5 Å². The van der Waals surface area contributed by atoms with Gasteiger partial charge in [-0.3, -0.25) is 24.1 Å². The number of pyridine rings is 1. The number of cyclic esters (lactones) is 1. The van der Waals surface area contributed by atoms with Gasteiger partial charge in [-0.15, -0.1) is 0 Å². The zero-order valence-electron chi connectivity index (χ0n) is 47.6. The van der Waals surface area contributed by atoms with Crippen molar-refractivity contribution >= 4 is 29.4 Å². The maximum absolute atomic E-state index is 14.7. The smallest absolute Gasteiger partial charge is 0.308 e. The first kappa shape index (κ1) is 62.2. The molecule has 2 bridgehead atoms. The van der Waals surface area contributed by atoms with Crippen LogP contribution in [-0.4, -0.2) is 191 Å². The second kappa shape index (κ2) is 30.0. The molecule has 4 aliphatic heterocycles. The van der Waals surface area contributed by atoms with Gasteiger partial charge in [-0.25, -0.2) is 9.67 Å². The molecule has 78 heavy (non-hydrogen) atoms. The number of likely N-dealkylation sites (N-methyl/N-ethyl adjacent to an activating group) is 1. The standard InChI is InChI=1S/C56H83N5O17/c1-14-44-41(29-71-55-54(68-13)53(67-12)51(66-11)36(6)73-55)24-32(2)16-18-43(64)33(3)25-40-20-23-69-30-42(59-72-28-39-17-19-46(57-27-39)61-22-15-21-58-61)31-70-45(26-47(65)77-44)34(4)49(40)78-56-52(76-38(8)63)48(60(9)10)50(35(5)74-56)75-37(7)62/h15-19,21-22,24,27,33-36,40-41,44-45,48-56H,14,20,23,25-26,28-31H2,1-13H3/b18-16+,32-24+,59-42-/t33-,34+,35-,36-,40+,41-,44-,45-,48+,49-,50-,51-,52-,53-,54-,55?,56?/m1/s1. The Balaban J connectivity index is 1.36. The summed E-state index contributed by atoms with van der Waals surface area (Å²) in [5.41, 5.74) is 1.91. The molecule has 434 valence electrons. The van der Waals surface area contributed by atoms with E-state index >= 15 is 0 Å². The van der Waals surface area contributed by atoms with E-state index in [1.807, 2.05) is 63.8 Å². The van der Waals surface area contributed by atoms with Crippen LogP contribution < -0.4 is 0 Å². The lowest BCUT2D eigenvalue weighted by molar-refractivity contribution is -0.308. The van der Waals surface area contributed by atoms with Crippen molar-refractivity contribution in [3.8, 4) is 5.82 Å². The number of methoxy groups -OCH3 is 3. The number of aromatic nitrogens is 3. The number of ether oxygens (including phenoxy) is 12. The van der Waals surface area contributed by atoms with Gasteiger partial charge in [0.05, 0.1) is 56.7 Å². The van der Waals surface area contributed by atoms with Crippen LogP contribution in [0.25, 0.3) is 5.82 Å². The highest BCUT2D eigenvalue weighted by Crippen LogP contribution is 2.38. The van der Waals surface area contributed by atoms with Crippen LogP contribution in [0.3, 0.4) is 0 Å². The van der Waals surface area contributed by atoms with Gasteiger partial charge in [-0.05, 0) is 78.3 Å². The minimum Gasteiger partial charge on any atom is -0.462 e. The zero-order chi connectivity index (χ0) is 56.6. The Morgan fingerprint density at radius 1 is 0.872 bits per heavy atom. The Hall–Kier alpha value is -5.01. The van der Waals surface area contributed by atoms with E-state index in [9.17, 15) is 19.2 Å². The Morgan fingerprint density at radius 3 is 2.22 bits per heavy atom. The summed E-state index contributed by atoms with van der Waals surface area (Å²) in [6, 6.07) is 4.80. The third-order valence-corrected chi connectivity index (χ3v) is 14.8. The number of carbonyl (C=O) groups excluding carboxylic acids is 4. The molecule has 6 rings (SSSR count). The number of hydrogen-bond acceptors (Lipinski definition) is 21. The van der Waals surface area contributed by atoms with Gasteiger partial charge >= 0.3 is 17.9 Å². The van der Waals surface area contributed by atoms with Crippen LogP contribution in [0.5, 0.6) is 0 Å². The first-order valence-corrected chi connectivity index (χ1v) is 26.9. The lowest BCUT2D eigenvalue weighted by atomic mass is 9.79. The molecule has 2 aromatic rings. The van der Waals surface area contributed by atoms with Crippen molar-refractivity contribution in [2.75, 3.05) is 61.9 Å². The number of hydrogen-bond donors (Lipinski definition) is 0. The van der Waals surface area contributed by atoms with Gasteiger partial charge < -0.3 is 61.7 Å². The first-order valence-electron chi connectivity index (χ1n) is 26.9. The minimum absolute atomic E-state index is 0.0204. The third kappa shape index (κ3) is 16.8. The highest BCUT2D eigenvalue weighted by Gasteiger charge is 2.52. The summed E-state index contributed by atoms with van der Waals surface area (Å²) in [4.78, 5) is 66.6. The monoisotopic (exact) mass is 1100 g/mol. The van der Waals surface area contributed by atoms with E-state index in [0.29, 0.717) is 30.8 Å². The Kier molecular flexibility index (Phi) is 23.9. The first-order chi connectivity index (χ1) is 37.3. The second-order valence-corrected chi connectivity index (χ2v) is 20.9. The van der Waals surface area contributed by atoms with Gasteiger partial charge in [0.25, 0.3) is 0 Å². The molecule has 0 saturated carbocycles. The molecule has 17 atom stereocenters. The molecule has 22 nitrogen and oxygen atoms in total. The van der Waals surface area contributed by atoms with Crippen LogP contribution >= 0.6 is 0 Å². The van der Waals surface area contributed by atoms with Crippen molar-refractivity contribution in [1.29, 1.82) is 0 Å². The van der Waals surface area contributed by atoms with Gasteiger partial charge in [-0.1, -0.05) is 49.7 Å². The average Bonchev–Trinajstić information content (AvgIpc) is 4.04. The summed E-state index contributed by atoms with van der Waals surface area (Å²) in [5.74, 6) is -3.32. The molecular formula is C56H83N5O17. The Bertz CT molecular complexity index is 2310. The van der Waals surface area contributed by atoms with Crippen LogP contribution in [0.2, 0.25) is 0 Å². The van der Waals surface area contributed by atoms with Crippen molar-refractivity contribution < 1.29 is 80.9 Å². The van der Waals surface area contributed by atoms with Crippen molar-refractivity contribution in [2.24, 2.45) is 28.8 Å². The summed E-state index contributed by atoms with van der Waals surface area (Å²) in [6.45, 7) is 14.0. The molecule has 22 heteroatoms. The zero-order valence-corrected chi connectivity index (χ0v) is 47.6. The van der Waals surface area contributed by atoms with E-state index < -0.39 is 121 Å². The number of carbonyl (C=O) groups is 4. The predicted molar refractivity (Wildman–Crippen MR) is 282 cm³/mol. The highest BCUT2D eigenvalue weighted by atomic mass is 16.7. The molecule has 4 aliphatic rings. The average molecular weight is 1100 g/mol. The topological polar surface area (TPSA) is 235 Å². The molecule has 0 amide bonds. The Morgan fingerprint density at radius 2 is 1.58 bits per heavy atom. The molecule has 0 N–H and O–H groups in total. The van der Waals surface area contributed by atoms with Crippen LogP contribution in [0.4, 0.5) is 0 Å². The van der Waals surface area contributed by atoms with Gasteiger partial charge in [0.15, 0.2) is 30.3 Å². The molecule has 0 spiro atoms. The van der Waals surface area contributed by atoms with E-state index in [4.69, 9.17) is 61.7 Å². The van der Waals surface area contributed by atoms with Gasteiger partial charge in [0.1, 0.15) is 42.8 Å². The number of ketones is 1. The number of nitrogens with zero attached hydrogens (tertiary/aromatic N) is 5. The summed E-state index contributed by atoms with van der Waals surface area (Å²) in [5, 5.41) is 8.71. The number of esters is 3. The fourth-order valence-electron chi connectivity index (χ4n) is 10.8. The van der Waals surface area contributed by atoms with Crippen molar-refractivity contribution in [3.05, 3.63) is 66.2 Å². The summed E-state index contributed by atoms with van der Waals surface area (Å²) < 4.78 is 76.9. The number of rotatable bonds is 16. The fraction of sp³-hybridized carbons (Fsp3) is 0.696. The Labute approximate surface area is 458 Å². The maximum Gasteiger partial charge on any atom is 0.308 e. The summed E-state index contributed by atoms with van der Waals surface area (Å²) in [7, 11) is 8.30. The van der Waals surface area contributed by atoms with E-state index in [0.717, 1.165) is 11.1 Å². The van der Waals surface area contributed by atoms with Crippen molar-refractivity contribution in [1.82, 2.24) is 19.7 Å².